The van der Waals surface area contributed by atoms with Gasteiger partial charge in [0, 0.05) is 59.0 Å². The predicted molar refractivity (Wildman–Crippen MR) is 166 cm³/mol. The van der Waals surface area contributed by atoms with E-state index in [2.05, 4.69) is 14.6 Å². The maximum absolute atomic E-state index is 14.7. The van der Waals surface area contributed by atoms with Crippen molar-refractivity contribution in [1.29, 1.82) is 0 Å². The van der Waals surface area contributed by atoms with Gasteiger partial charge in [0.15, 0.2) is 0 Å². The van der Waals surface area contributed by atoms with Gasteiger partial charge in [0.05, 0.1) is 28.2 Å². The monoisotopic (exact) mass is 612 g/mol. The number of hydrogen-bond donors (Lipinski definition) is 2. The molecule has 8 nitrogen and oxygen atoms in total. The Labute approximate surface area is 251 Å². The molecule has 1 amide bonds. The molecule has 3 aromatic carbocycles. The summed E-state index contributed by atoms with van der Waals surface area (Å²) in [5.74, 6) is -1.13. The maximum Gasteiger partial charge on any atom is 0.255 e. The van der Waals surface area contributed by atoms with Crippen LogP contribution in [0.5, 0.6) is 0 Å². The van der Waals surface area contributed by atoms with E-state index >= 15 is 0 Å². The van der Waals surface area contributed by atoms with Gasteiger partial charge in [-0.05, 0) is 73.5 Å². The summed E-state index contributed by atoms with van der Waals surface area (Å²) in [5.41, 5.74) is 5.51. The smallest absolute Gasteiger partial charge is 0.255 e. The molecule has 7 rings (SSSR count). The number of carbonyl (C=O) groups is 1. The van der Waals surface area contributed by atoms with Gasteiger partial charge >= 0.3 is 0 Å². The highest BCUT2D eigenvalue weighted by Crippen LogP contribution is 2.42. The number of pyridine rings is 1. The summed E-state index contributed by atoms with van der Waals surface area (Å²) in [6.45, 7) is 2.19. The van der Waals surface area contributed by atoms with Crippen LogP contribution in [0.25, 0.3) is 55.7 Å². The van der Waals surface area contributed by atoms with Crippen LogP contribution in [-0.2, 0) is 23.0 Å². The fourth-order valence-electron chi connectivity index (χ4n) is 5.85. The van der Waals surface area contributed by atoms with Gasteiger partial charge in [-0.3, -0.25) is 14.5 Å². The van der Waals surface area contributed by atoms with Gasteiger partial charge < -0.3 is 14.3 Å². The molecule has 0 saturated heterocycles. The number of halogens is 2. The van der Waals surface area contributed by atoms with E-state index in [1.54, 1.807) is 18.3 Å². The van der Waals surface area contributed by atoms with Crippen molar-refractivity contribution in [3.05, 3.63) is 95.7 Å². The lowest BCUT2D eigenvalue weighted by molar-refractivity contribution is 0.0964. The van der Waals surface area contributed by atoms with Crippen LogP contribution in [0.1, 0.15) is 22.8 Å². The highest BCUT2D eigenvalue weighted by atomic mass is 32.2. The summed E-state index contributed by atoms with van der Waals surface area (Å²) < 4.78 is 64.9. The van der Waals surface area contributed by atoms with Gasteiger partial charge in [0.2, 0.25) is 10.0 Å². The Bertz CT molecular complexity index is 2240. The number of fused-ring (bicyclic) bond motifs is 6. The molecule has 0 aliphatic carbocycles. The second-order valence-electron chi connectivity index (χ2n) is 10.6. The second kappa shape index (κ2) is 10.3. The number of hydrogen-bond acceptors (Lipinski definition) is 5. The molecule has 6 aromatic rings. The lowest BCUT2D eigenvalue weighted by atomic mass is 9.96. The fraction of sp³-hybridized carbons (Fsp3) is 0.152. The van der Waals surface area contributed by atoms with Crippen molar-refractivity contribution in [3.8, 4) is 33.8 Å². The molecule has 0 radical (unpaired) electrons. The summed E-state index contributed by atoms with van der Waals surface area (Å²) in [6, 6.07) is 17.5. The Morgan fingerprint density at radius 3 is 2.57 bits per heavy atom. The van der Waals surface area contributed by atoms with Crippen LogP contribution < -0.4 is 10.0 Å². The van der Waals surface area contributed by atoms with Gasteiger partial charge in [-0.25, -0.2) is 17.2 Å². The summed E-state index contributed by atoms with van der Waals surface area (Å²) in [5, 5.41) is 3.58. The van der Waals surface area contributed by atoms with Crippen LogP contribution in [0.15, 0.2) is 77.3 Å². The van der Waals surface area contributed by atoms with E-state index in [1.807, 2.05) is 18.2 Å². The average molecular weight is 613 g/mol. The molecule has 1 aliphatic rings. The second-order valence-corrected chi connectivity index (χ2v) is 12.6. The molecule has 0 unspecified atom stereocenters. The molecule has 0 saturated carbocycles. The van der Waals surface area contributed by atoms with Gasteiger partial charge in [0.25, 0.3) is 5.91 Å². The molecule has 0 bridgehead atoms. The van der Waals surface area contributed by atoms with E-state index in [0.29, 0.717) is 40.6 Å². The van der Waals surface area contributed by atoms with E-state index in [1.165, 1.54) is 50.4 Å². The van der Waals surface area contributed by atoms with Crippen molar-refractivity contribution in [3.63, 3.8) is 0 Å². The fourth-order valence-corrected chi connectivity index (χ4v) is 6.50. The molecule has 44 heavy (non-hydrogen) atoms. The number of aryl methyl sites for hydroxylation is 2. The first-order valence-corrected chi connectivity index (χ1v) is 15.7. The minimum absolute atomic E-state index is 0.170. The van der Waals surface area contributed by atoms with Crippen LogP contribution in [0.4, 0.5) is 14.5 Å². The summed E-state index contributed by atoms with van der Waals surface area (Å²) in [7, 11) is -2.23. The van der Waals surface area contributed by atoms with E-state index in [9.17, 15) is 22.0 Å². The zero-order chi connectivity index (χ0) is 30.7. The molecule has 11 heteroatoms. The Hall–Kier alpha value is -5.03. The third-order valence-electron chi connectivity index (χ3n) is 8.07. The number of benzene rings is 3. The van der Waals surface area contributed by atoms with Crippen molar-refractivity contribution < 1.29 is 26.4 Å². The van der Waals surface area contributed by atoms with Crippen LogP contribution in [0.2, 0.25) is 0 Å². The van der Waals surface area contributed by atoms with Crippen molar-refractivity contribution >= 4 is 43.5 Å². The number of nitrogens with one attached hydrogen (secondary N) is 2. The third-order valence-corrected chi connectivity index (χ3v) is 9.36. The zero-order valence-corrected chi connectivity index (χ0v) is 24.6. The van der Waals surface area contributed by atoms with E-state index in [4.69, 9.17) is 9.40 Å². The zero-order valence-electron chi connectivity index (χ0n) is 23.7. The van der Waals surface area contributed by atoms with Crippen LogP contribution in [-0.4, -0.2) is 36.7 Å². The number of furan rings is 1. The number of aromatic nitrogens is 2. The standard InChI is InChI=1S/C33H26F2N4O4S/c1-3-44(41,42)38-27-16-30-24(31(33(40)36-2)32(43-30)18-7-9-20(34)10-8-18)13-23(27)26-14-21-19(17-37-26)11-12-39-28-6-4-5-25(35)22(28)15-29(21)39/h4-10,13-17,38H,3,11-12H2,1-2H3,(H,36,40). The van der Waals surface area contributed by atoms with Crippen molar-refractivity contribution in [2.45, 2.75) is 19.9 Å². The Morgan fingerprint density at radius 1 is 1.02 bits per heavy atom. The van der Waals surface area contributed by atoms with Crippen molar-refractivity contribution in [2.24, 2.45) is 0 Å². The number of carbonyl (C=O) groups excluding carboxylic acids is 1. The Kier molecular flexibility index (Phi) is 6.51. The molecule has 1 aliphatic heterocycles. The topological polar surface area (TPSA) is 106 Å². The molecule has 0 fully saturated rings. The number of nitrogens with zero attached hydrogens (tertiary/aromatic N) is 2. The molecular weight excluding hydrogens is 586 g/mol. The highest BCUT2D eigenvalue weighted by molar-refractivity contribution is 7.92. The Balaban J connectivity index is 1.47. The molecule has 0 spiro atoms. The van der Waals surface area contributed by atoms with E-state index in [0.717, 1.165) is 22.3 Å². The van der Waals surface area contributed by atoms with Crippen molar-refractivity contribution in [1.82, 2.24) is 14.9 Å². The van der Waals surface area contributed by atoms with Crippen LogP contribution >= 0.6 is 0 Å². The first kappa shape index (κ1) is 27.8. The normalized spacial score (nSPS) is 12.7. The minimum atomic E-state index is -3.73. The van der Waals surface area contributed by atoms with Gasteiger partial charge in [-0.2, -0.15) is 0 Å². The maximum atomic E-state index is 14.7. The molecular formula is C33H26F2N4O4S. The molecule has 2 N–H and O–H groups in total. The highest BCUT2D eigenvalue weighted by Gasteiger charge is 2.26. The van der Waals surface area contributed by atoms with Gasteiger partial charge in [-0.15, -0.1) is 0 Å². The number of sulfonamides is 1. The minimum Gasteiger partial charge on any atom is -0.455 e. The van der Waals surface area contributed by atoms with Gasteiger partial charge in [-0.1, -0.05) is 6.07 Å². The summed E-state index contributed by atoms with van der Waals surface area (Å²) >= 11 is 0. The lowest BCUT2D eigenvalue weighted by Gasteiger charge is -2.21. The van der Waals surface area contributed by atoms with Gasteiger partial charge in [0.1, 0.15) is 23.0 Å². The number of rotatable bonds is 6. The van der Waals surface area contributed by atoms with Crippen LogP contribution in [0, 0.1) is 11.6 Å². The molecule has 4 heterocycles. The largest absolute Gasteiger partial charge is 0.455 e. The van der Waals surface area contributed by atoms with Crippen molar-refractivity contribution in [2.75, 3.05) is 17.5 Å². The SMILES string of the molecule is CCS(=O)(=O)Nc1cc2oc(-c3ccc(F)cc3)c(C(=O)NC)c2cc1-c1cc2c(cn1)CCn1c-2cc2c(F)cccc21. The summed E-state index contributed by atoms with van der Waals surface area (Å²) in [4.78, 5) is 17.9. The third kappa shape index (κ3) is 4.51. The quantitative estimate of drug-likeness (QED) is 0.217. The lowest BCUT2D eigenvalue weighted by Crippen LogP contribution is -2.18. The number of anilines is 1. The van der Waals surface area contributed by atoms with Crippen LogP contribution in [0.3, 0.4) is 0 Å². The van der Waals surface area contributed by atoms with E-state index in [-0.39, 0.29) is 34.2 Å². The average Bonchev–Trinajstić information content (AvgIpc) is 3.60. The molecule has 3 aromatic heterocycles. The number of amides is 1. The molecule has 0 atom stereocenters. The summed E-state index contributed by atoms with van der Waals surface area (Å²) in [6.07, 6.45) is 2.44. The first-order valence-electron chi connectivity index (χ1n) is 14.0. The molecule has 222 valence electrons. The predicted octanol–water partition coefficient (Wildman–Crippen LogP) is 6.74. The first-order chi connectivity index (χ1) is 21.2. The Morgan fingerprint density at radius 2 is 1.82 bits per heavy atom. The van der Waals surface area contributed by atoms with E-state index < -0.39 is 21.7 Å².